The van der Waals surface area contributed by atoms with Crippen molar-refractivity contribution in [2.24, 2.45) is 5.92 Å². The topological polar surface area (TPSA) is 75.2 Å². The summed E-state index contributed by atoms with van der Waals surface area (Å²) < 4.78 is 0. The summed E-state index contributed by atoms with van der Waals surface area (Å²) in [7, 11) is 0. The number of rotatable bonds is 5. The summed E-state index contributed by atoms with van der Waals surface area (Å²) in [5, 5.41) is 13.1. The highest BCUT2D eigenvalue weighted by atomic mass is 35.5. The third-order valence-electron chi connectivity index (χ3n) is 5.51. The average Bonchev–Trinajstić information content (AvgIpc) is 3.31. The Kier molecular flexibility index (Phi) is 5.92. The van der Waals surface area contributed by atoms with Gasteiger partial charge in [0.1, 0.15) is 5.01 Å². The Hall–Kier alpha value is -1.99. The van der Waals surface area contributed by atoms with Crippen molar-refractivity contribution in [2.75, 3.05) is 11.9 Å². The first-order valence-corrected chi connectivity index (χ1v) is 10.9. The molecule has 0 spiro atoms. The number of anilines is 1. The van der Waals surface area contributed by atoms with E-state index < -0.39 is 0 Å². The molecule has 8 heteroatoms. The van der Waals surface area contributed by atoms with Gasteiger partial charge in [0.15, 0.2) is 0 Å². The quantitative estimate of drug-likeness (QED) is 0.798. The summed E-state index contributed by atoms with van der Waals surface area (Å²) in [6, 6.07) is 7.90. The van der Waals surface area contributed by atoms with Crippen LogP contribution in [0.25, 0.3) is 0 Å². The summed E-state index contributed by atoms with van der Waals surface area (Å²) in [6.45, 7) is 0.520. The number of nitrogens with zero attached hydrogens (tertiary/aromatic N) is 3. The van der Waals surface area contributed by atoms with Gasteiger partial charge in [0, 0.05) is 30.5 Å². The molecule has 1 aliphatic carbocycles. The number of carbonyl (C=O) groups is 2. The van der Waals surface area contributed by atoms with E-state index in [1.807, 2.05) is 29.2 Å². The number of carbonyl (C=O) groups excluding carboxylic acids is 2. The molecule has 1 aromatic carbocycles. The minimum Gasteiger partial charge on any atom is -0.339 e. The third kappa shape index (κ3) is 4.52. The van der Waals surface area contributed by atoms with Gasteiger partial charge in [-0.25, -0.2) is 0 Å². The maximum atomic E-state index is 12.6. The normalized spacial score (nSPS) is 20.5. The maximum Gasteiger partial charge on any atom is 0.231 e. The van der Waals surface area contributed by atoms with Crippen molar-refractivity contribution in [1.29, 1.82) is 0 Å². The largest absolute Gasteiger partial charge is 0.339 e. The van der Waals surface area contributed by atoms with Crippen LogP contribution in [0.5, 0.6) is 0 Å². The van der Waals surface area contributed by atoms with Crippen LogP contribution in [0.15, 0.2) is 24.3 Å². The first kappa shape index (κ1) is 19.3. The van der Waals surface area contributed by atoms with Crippen LogP contribution >= 0.6 is 22.9 Å². The van der Waals surface area contributed by atoms with Crippen molar-refractivity contribution in [3.8, 4) is 0 Å². The van der Waals surface area contributed by atoms with Crippen LogP contribution in [0.1, 0.15) is 49.1 Å². The zero-order valence-electron chi connectivity index (χ0n) is 15.6. The number of halogens is 1. The summed E-state index contributed by atoms with van der Waals surface area (Å²) in [5.74, 6) is -0.341. The zero-order valence-corrected chi connectivity index (χ0v) is 17.1. The van der Waals surface area contributed by atoms with E-state index in [1.54, 1.807) is 0 Å². The highest BCUT2D eigenvalue weighted by molar-refractivity contribution is 7.15. The smallest absolute Gasteiger partial charge is 0.231 e. The molecule has 1 aliphatic heterocycles. The van der Waals surface area contributed by atoms with Crippen molar-refractivity contribution in [3.63, 3.8) is 0 Å². The molecule has 0 radical (unpaired) electrons. The number of benzene rings is 1. The molecule has 2 amide bonds. The SMILES string of the molecule is O=C(Nc1nnc(Cc2ccc(Cl)cc2)s1)[C@H]1CC(=O)N(C2CCCCC2)C1. The highest BCUT2D eigenvalue weighted by Crippen LogP contribution is 2.29. The van der Waals surface area contributed by atoms with Crippen LogP contribution in [0.2, 0.25) is 5.02 Å². The third-order valence-corrected chi connectivity index (χ3v) is 6.60. The number of aromatic nitrogens is 2. The highest BCUT2D eigenvalue weighted by Gasteiger charge is 2.38. The first-order chi connectivity index (χ1) is 13.6. The number of hydrogen-bond donors (Lipinski definition) is 1. The van der Waals surface area contributed by atoms with Gasteiger partial charge >= 0.3 is 0 Å². The minimum absolute atomic E-state index is 0.104. The van der Waals surface area contributed by atoms with Crippen LogP contribution in [0.4, 0.5) is 5.13 Å². The molecule has 6 nitrogen and oxygen atoms in total. The molecule has 1 saturated carbocycles. The lowest BCUT2D eigenvalue weighted by Crippen LogP contribution is -2.38. The Bertz CT molecular complexity index is 848. The standard InChI is InChI=1S/C20H23ClN4O2S/c21-15-8-6-13(7-9-15)10-17-23-24-20(28-17)22-19(27)14-11-18(26)25(12-14)16-4-2-1-3-5-16/h6-9,14,16H,1-5,10-12H2,(H,22,24,27)/t14-/m0/s1. The number of hydrogen-bond acceptors (Lipinski definition) is 5. The molecule has 2 fully saturated rings. The fourth-order valence-corrected chi connectivity index (χ4v) is 4.92. The van der Waals surface area contributed by atoms with Gasteiger partial charge in [-0.2, -0.15) is 0 Å². The van der Waals surface area contributed by atoms with Gasteiger partial charge in [-0.15, -0.1) is 10.2 Å². The lowest BCUT2D eigenvalue weighted by molar-refractivity contribution is -0.130. The fourth-order valence-electron chi connectivity index (χ4n) is 4.01. The van der Waals surface area contributed by atoms with E-state index in [0.29, 0.717) is 35.6 Å². The van der Waals surface area contributed by atoms with Gasteiger partial charge in [-0.1, -0.05) is 54.3 Å². The average molecular weight is 419 g/mol. The molecule has 1 saturated heterocycles. The molecule has 2 heterocycles. The van der Waals surface area contributed by atoms with E-state index in [-0.39, 0.29) is 17.7 Å². The number of amides is 2. The van der Waals surface area contributed by atoms with Crippen molar-refractivity contribution in [2.45, 2.75) is 51.0 Å². The van der Waals surface area contributed by atoms with Crippen molar-refractivity contribution < 1.29 is 9.59 Å². The lowest BCUT2D eigenvalue weighted by atomic mass is 9.94. The van der Waals surface area contributed by atoms with Crippen LogP contribution in [-0.4, -0.2) is 39.5 Å². The van der Waals surface area contributed by atoms with Crippen molar-refractivity contribution in [1.82, 2.24) is 15.1 Å². The van der Waals surface area contributed by atoms with Crippen LogP contribution < -0.4 is 5.32 Å². The molecule has 0 bridgehead atoms. The number of nitrogens with one attached hydrogen (secondary N) is 1. The molecule has 1 N–H and O–H groups in total. The Labute approximate surface area is 173 Å². The van der Waals surface area contributed by atoms with Gasteiger partial charge in [-0.05, 0) is 30.5 Å². The lowest BCUT2D eigenvalue weighted by Gasteiger charge is -2.31. The second-order valence-corrected chi connectivity index (χ2v) is 9.03. The second-order valence-electron chi connectivity index (χ2n) is 7.53. The molecular formula is C20H23ClN4O2S. The summed E-state index contributed by atoms with van der Waals surface area (Å²) in [5.41, 5.74) is 1.09. The monoisotopic (exact) mass is 418 g/mol. The number of likely N-dealkylation sites (tertiary alicyclic amines) is 1. The Morgan fingerprint density at radius 3 is 2.68 bits per heavy atom. The summed E-state index contributed by atoms with van der Waals surface area (Å²) in [6.07, 6.45) is 6.65. The van der Waals surface area contributed by atoms with Gasteiger partial charge in [0.05, 0.1) is 5.92 Å². The Morgan fingerprint density at radius 1 is 1.18 bits per heavy atom. The molecule has 4 rings (SSSR count). The zero-order chi connectivity index (χ0) is 19.5. The van der Waals surface area contributed by atoms with Gasteiger partial charge in [0.2, 0.25) is 16.9 Å². The predicted octanol–water partition coefficient (Wildman–Crippen LogP) is 3.90. The molecular weight excluding hydrogens is 396 g/mol. The predicted molar refractivity (Wildman–Crippen MR) is 109 cm³/mol. The Balaban J connectivity index is 1.33. The van der Waals surface area contributed by atoms with E-state index in [0.717, 1.165) is 23.4 Å². The van der Waals surface area contributed by atoms with E-state index in [2.05, 4.69) is 15.5 Å². The molecule has 1 aromatic heterocycles. The van der Waals surface area contributed by atoms with Crippen LogP contribution in [0.3, 0.4) is 0 Å². The van der Waals surface area contributed by atoms with Gasteiger partial charge in [-0.3, -0.25) is 9.59 Å². The van der Waals surface area contributed by atoms with Gasteiger partial charge in [0.25, 0.3) is 0 Å². The van der Waals surface area contributed by atoms with E-state index in [4.69, 9.17) is 11.6 Å². The molecule has 0 unspecified atom stereocenters. The molecule has 1 atom stereocenters. The molecule has 2 aromatic rings. The maximum absolute atomic E-state index is 12.6. The summed E-state index contributed by atoms with van der Waals surface area (Å²) >= 11 is 7.27. The van der Waals surface area contributed by atoms with E-state index >= 15 is 0 Å². The minimum atomic E-state index is -0.307. The second kappa shape index (κ2) is 8.57. The van der Waals surface area contributed by atoms with Crippen LogP contribution in [-0.2, 0) is 16.0 Å². The Morgan fingerprint density at radius 2 is 1.93 bits per heavy atom. The summed E-state index contributed by atoms with van der Waals surface area (Å²) in [4.78, 5) is 26.9. The molecule has 148 valence electrons. The van der Waals surface area contributed by atoms with Crippen molar-refractivity contribution in [3.05, 3.63) is 39.9 Å². The first-order valence-electron chi connectivity index (χ1n) is 9.75. The van der Waals surface area contributed by atoms with Crippen LogP contribution in [0, 0.1) is 5.92 Å². The van der Waals surface area contributed by atoms with Crippen molar-refractivity contribution >= 4 is 39.9 Å². The molecule has 2 aliphatic rings. The molecule has 28 heavy (non-hydrogen) atoms. The van der Waals surface area contributed by atoms with E-state index in [9.17, 15) is 9.59 Å². The van der Waals surface area contributed by atoms with Gasteiger partial charge < -0.3 is 10.2 Å². The van der Waals surface area contributed by atoms with E-state index in [1.165, 1.54) is 30.6 Å². The fraction of sp³-hybridized carbons (Fsp3) is 0.500.